The number of anilines is 1. The highest BCUT2D eigenvalue weighted by Gasteiger charge is 2.36. The number of carbonyl (C=O) groups excluding carboxylic acids is 1. The monoisotopic (exact) mass is 433 g/mol. The molecule has 31 heavy (non-hydrogen) atoms. The van der Waals surface area contributed by atoms with Crippen LogP contribution in [0.4, 0.5) is 10.5 Å². The lowest BCUT2D eigenvalue weighted by Gasteiger charge is -2.33. The van der Waals surface area contributed by atoms with E-state index >= 15 is 0 Å². The van der Waals surface area contributed by atoms with Gasteiger partial charge in [0, 0.05) is 28.0 Å². The molecule has 1 aliphatic heterocycles. The molecule has 1 aliphatic carbocycles. The van der Waals surface area contributed by atoms with Crippen molar-refractivity contribution in [2.75, 3.05) is 5.32 Å². The highest BCUT2D eigenvalue weighted by Crippen LogP contribution is 2.44. The van der Waals surface area contributed by atoms with Crippen LogP contribution < -0.4 is 5.32 Å². The summed E-state index contributed by atoms with van der Waals surface area (Å²) in [6.07, 6.45) is 7.01. The van der Waals surface area contributed by atoms with Gasteiger partial charge in [-0.25, -0.2) is 4.79 Å². The van der Waals surface area contributed by atoms with Crippen molar-refractivity contribution < 1.29 is 4.79 Å². The molecule has 0 spiro atoms. The number of amides is 2. The molecule has 1 aromatic carbocycles. The molecule has 1 atom stereocenters. The van der Waals surface area contributed by atoms with Gasteiger partial charge in [-0.15, -0.1) is 11.3 Å². The van der Waals surface area contributed by atoms with Gasteiger partial charge in [0.1, 0.15) is 5.00 Å². The molecule has 0 saturated heterocycles. The molecule has 1 N–H and O–H groups in total. The number of benzene rings is 1. The standard InChI is InChI=1S/C26H31N3OS/c1-16(2)24-22-9-7-13-28(22)25-21(20-8-5-6-10-23(20)31-25)15-29(24)26(30)27-19-12-11-17(3)18(4)14-19/h7,9,11-14,16,24H,5-6,8,10,15H2,1-4H3,(H,27,30). The Morgan fingerprint density at radius 3 is 2.68 bits per heavy atom. The van der Waals surface area contributed by atoms with Gasteiger partial charge in [-0.1, -0.05) is 19.9 Å². The molecule has 162 valence electrons. The molecule has 0 saturated carbocycles. The van der Waals surface area contributed by atoms with Crippen molar-refractivity contribution in [1.29, 1.82) is 0 Å². The zero-order chi connectivity index (χ0) is 21.7. The highest BCUT2D eigenvalue weighted by molar-refractivity contribution is 7.15. The minimum Gasteiger partial charge on any atom is -0.311 e. The Hall–Kier alpha value is -2.53. The zero-order valence-electron chi connectivity index (χ0n) is 18.9. The van der Waals surface area contributed by atoms with Crippen molar-refractivity contribution in [2.24, 2.45) is 5.92 Å². The number of hydrogen-bond acceptors (Lipinski definition) is 2. The molecule has 5 heteroatoms. The summed E-state index contributed by atoms with van der Waals surface area (Å²) in [6, 6.07) is 10.5. The van der Waals surface area contributed by atoms with E-state index < -0.39 is 0 Å². The van der Waals surface area contributed by atoms with Crippen LogP contribution in [0.5, 0.6) is 0 Å². The van der Waals surface area contributed by atoms with Crippen molar-refractivity contribution >= 4 is 23.1 Å². The van der Waals surface area contributed by atoms with E-state index in [2.05, 4.69) is 72.9 Å². The van der Waals surface area contributed by atoms with Gasteiger partial charge < -0.3 is 14.8 Å². The van der Waals surface area contributed by atoms with Crippen molar-refractivity contribution in [3.8, 4) is 5.00 Å². The average Bonchev–Trinajstić information content (AvgIpc) is 3.32. The predicted molar refractivity (Wildman–Crippen MR) is 128 cm³/mol. The Kier molecular flexibility index (Phi) is 5.17. The van der Waals surface area contributed by atoms with Crippen molar-refractivity contribution in [3.63, 3.8) is 0 Å². The Labute approximate surface area is 188 Å². The van der Waals surface area contributed by atoms with Gasteiger partial charge >= 0.3 is 6.03 Å². The summed E-state index contributed by atoms with van der Waals surface area (Å²) in [5.41, 5.74) is 7.36. The summed E-state index contributed by atoms with van der Waals surface area (Å²) in [6.45, 7) is 9.29. The molecule has 2 aliphatic rings. The number of rotatable bonds is 2. The van der Waals surface area contributed by atoms with E-state index in [1.54, 1.807) is 0 Å². The second-order valence-electron chi connectivity index (χ2n) is 9.34. The molecule has 3 heterocycles. The van der Waals surface area contributed by atoms with Crippen LogP contribution in [0.3, 0.4) is 0 Å². The number of nitrogens with one attached hydrogen (secondary N) is 1. The van der Waals surface area contributed by atoms with Crippen molar-refractivity contribution in [2.45, 2.75) is 66.0 Å². The number of hydrogen-bond donors (Lipinski definition) is 1. The maximum Gasteiger partial charge on any atom is 0.322 e. The molecule has 0 radical (unpaired) electrons. The van der Waals surface area contributed by atoms with E-state index in [1.165, 1.54) is 57.1 Å². The second kappa shape index (κ2) is 7.86. The summed E-state index contributed by atoms with van der Waals surface area (Å²) in [5.74, 6) is 0.309. The number of aromatic nitrogens is 1. The third kappa shape index (κ3) is 3.49. The van der Waals surface area contributed by atoms with E-state index in [0.717, 1.165) is 12.1 Å². The van der Waals surface area contributed by atoms with E-state index in [-0.39, 0.29) is 12.1 Å². The topological polar surface area (TPSA) is 37.3 Å². The first-order valence-corrected chi connectivity index (χ1v) is 12.2. The number of thiophene rings is 1. The Morgan fingerprint density at radius 1 is 1.10 bits per heavy atom. The fraction of sp³-hybridized carbons (Fsp3) is 0.423. The van der Waals surface area contributed by atoms with Gasteiger partial charge in [-0.05, 0) is 86.4 Å². The van der Waals surface area contributed by atoms with Crippen LogP contribution in [0.2, 0.25) is 0 Å². The molecule has 2 amide bonds. The molecule has 5 rings (SSSR count). The summed E-state index contributed by atoms with van der Waals surface area (Å²) in [5, 5.41) is 4.52. The fourth-order valence-corrected chi connectivity index (χ4v) is 6.54. The van der Waals surface area contributed by atoms with Crippen LogP contribution in [0.1, 0.15) is 65.6 Å². The molecule has 4 nitrogen and oxygen atoms in total. The summed E-state index contributed by atoms with van der Waals surface area (Å²) < 4.78 is 2.35. The first kappa shape index (κ1) is 20.4. The Balaban J connectivity index is 1.58. The third-order valence-corrected chi connectivity index (χ3v) is 8.21. The number of nitrogens with zero attached hydrogens (tertiary/aromatic N) is 2. The third-order valence-electron chi connectivity index (χ3n) is 6.88. The first-order chi connectivity index (χ1) is 14.9. The maximum absolute atomic E-state index is 13.7. The normalized spacial score (nSPS) is 17.7. The molecule has 1 unspecified atom stereocenters. The van der Waals surface area contributed by atoms with Crippen molar-refractivity contribution in [1.82, 2.24) is 9.47 Å². The average molecular weight is 434 g/mol. The molecule has 0 fully saturated rings. The fourth-order valence-electron chi connectivity index (χ4n) is 5.14. The molecular weight excluding hydrogens is 402 g/mol. The molecular formula is C26H31N3OS. The van der Waals surface area contributed by atoms with E-state index in [9.17, 15) is 4.79 Å². The maximum atomic E-state index is 13.7. The summed E-state index contributed by atoms with van der Waals surface area (Å²) >= 11 is 1.94. The number of carbonyl (C=O) groups is 1. The van der Waals surface area contributed by atoms with Crippen LogP contribution in [-0.4, -0.2) is 15.5 Å². The lowest BCUT2D eigenvalue weighted by molar-refractivity contribution is 0.161. The highest BCUT2D eigenvalue weighted by atomic mass is 32.1. The minimum atomic E-state index is -0.0155. The largest absolute Gasteiger partial charge is 0.322 e. The van der Waals surface area contributed by atoms with Crippen LogP contribution in [0, 0.1) is 19.8 Å². The lowest BCUT2D eigenvalue weighted by Crippen LogP contribution is -2.39. The van der Waals surface area contributed by atoms with E-state index in [0.29, 0.717) is 12.5 Å². The quantitative estimate of drug-likeness (QED) is 0.475. The summed E-state index contributed by atoms with van der Waals surface area (Å²) in [7, 11) is 0. The van der Waals surface area contributed by atoms with E-state index in [4.69, 9.17) is 0 Å². The van der Waals surface area contributed by atoms with Crippen LogP contribution >= 0.6 is 11.3 Å². The van der Waals surface area contributed by atoms with Gasteiger partial charge in [0.2, 0.25) is 0 Å². The number of urea groups is 1. The Bertz CT molecular complexity index is 1140. The summed E-state index contributed by atoms with van der Waals surface area (Å²) in [4.78, 5) is 17.3. The van der Waals surface area contributed by atoms with Crippen LogP contribution in [0.15, 0.2) is 36.5 Å². The Morgan fingerprint density at radius 2 is 1.90 bits per heavy atom. The smallest absolute Gasteiger partial charge is 0.311 e. The van der Waals surface area contributed by atoms with Gasteiger partial charge in [0.25, 0.3) is 0 Å². The number of aryl methyl sites for hydroxylation is 3. The van der Waals surface area contributed by atoms with Gasteiger partial charge in [-0.3, -0.25) is 0 Å². The zero-order valence-corrected chi connectivity index (χ0v) is 19.7. The lowest BCUT2D eigenvalue weighted by atomic mass is 9.94. The second-order valence-corrected chi connectivity index (χ2v) is 10.4. The molecule has 0 bridgehead atoms. The predicted octanol–water partition coefficient (Wildman–Crippen LogP) is 6.78. The number of fused-ring (bicyclic) bond motifs is 5. The van der Waals surface area contributed by atoms with Crippen LogP contribution in [-0.2, 0) is 19.4 Å². The van der Waals surface area contributed by atoms with Gasteiger partial charge in [0.15, 0.2) is 0 Å². The molecule has 3 aromatic rings. The molecule has 2 aromatic heterocycles. The van der Waals surface area contributed by atoms with E-state index in [1.807, 2.05) is 17.4 Å². The van der Waals surface area contributed by atoms with Crippen molar-refractivity contribution in [3.05, 3.63) is 69.4 Å². The van der Waals surface area contributed by atoms with Gasteiger partial charge in [0.05, 0.1) is 12.6 Å². The SMILES string of the molecule is Cc1ccc(NC(=O)N2Cc3c(sc4c3CCCC4)-n3cccc3C2C(C)C)cc1C. The minimum absolute atomic E-state index is 0.0155. The first-order valence-electron chi connectivity index (χ1n) is 11.4. The van der Waals surface area contributed by atoms with Crippen LogP contribution in [0.25, 0.3) is 5.00 Å². The van der Waals surface area contributed by atoms with Gasteiger partial charge in [-0.2, -0.15) is 0 Å².